The third-order valence-corrected chi connectivity index (χ3v) is 1.99. The predicted molar refractivity (Wildman–Crippen MR) is 61.4 cm³/mol. The second kappa shape index (κ2) is 6.14. The van der Waals surface area contributed by atoms with Crippen molar-refractivity contribution in [2.75, 3.05) is 6.54 Å². The van der Waals surface area contributed by atoms with E-state index in [4.69, 9.17) is 10.8 Å². The van der Waals surface area contributed by atoms with Crippen LogP contribution in [-0.2, 0) is 0 Å². The Bertz CT molecular complexity index is 522. The smallest absolute Gasteiger partial charge is 0.0992 e. The number of rotatable bonds is 2. The maximum atomic E-state index is 8.74. The molecule has 0 aliphatic carbocycles. The number of hydrogen-bond donors (Lipinski definition) is 0. The second-order valence-electron chi connectivity index (χ2n) is 3.15. The van der Waals surface area contributed by atoms with Crippen molar-refractivity contribution in [2.24, 2.45) is 5.11 Å². The molecule has 16 heavy (non-hydrogen) atoms. The summed E-state index contributed by atoms with van der Waals surface area (Å²) in [6.45, 7) is 2.32. The lowest BCUT2D eigenvalue weighted by Crippen LogP contribution is -1.84. The molecule has 0 radical (unpaired) electrons. The average Bonchev–Trinajstić information content (AvgIpc) is 2.31. The highest BCUT2D eigenvalue weighted by Crippen LogP contribution is 2.09. The predicted octanol–water partition coefficient (Wildman–Crippen LogP) is 2.92. The molecule has 0 aromatic heterocycles. The van der Waals surface area contributed by atoms with Gasteiger partial charge in [0, 0.05) is 23.4 Å². The fourth-order valence-corrected chi connectivity index (χ4v) is 1.13. The van der Waals surface area contributed by atoms with E-state index in [1.165, 1.54) is 0 Å². The lowest BCUT2D eigenvalue weighted by molar-refractivity contribution is 1.01. The molecule has 4 nitrogen and oxygen atoms in total. The summed E-state index contributed by atoms with van der Waals surface area (Å²) >= 11 is 0. The van der Waals surface area contributed by atoms with E-state index in [1.54, 1.807) is 12.1 Å². The van der Waals surface area contributed by atoms with Gasteiger partial charge in [-0.1, -0.05) is 23.0 Å². The minimum Gasteiger partial charge on any atom is -0.192 e. The van der Waals surface area contributed by atoms with Gasteiger partial charge in [0.25, 0.3) is 0 Å². The minimum absolute atomic E-state index is 0.375. The molecule has 0 amide bonds. The zero-order valence-electron chi connectivity index (χ0n) is 8.94. The number of hydrogen-bond acceptors (Lipinski definition) is 2. The van der Waals surface area contributed by atoms with Crippen LogP contribution in [0.15, 0.2) is 23.3 Å². The molecule has 0 fully saturated rings. The average molecular weight is 210 g/mol. The molecule has 0 saturated carbocycles. The van der Waals surface area contributed by atoms with Crippen molar-refractivity contribution in [3.05, 3.63) is 45.3 Å². The molecule has 1 aromatic carbocycles. The molecule has 0 N–H and O–H groups in total. The van der Waals surface area contributed by atoms with Crippen molar-refractivity contribution in [3.8, 4) is 17.9 Å². The molecule has 0 aliphatic rings. The topological polar surface area (TPSA) is 72.5 Å². The first kappa shape index (κ1) is 11.7. The van der Waals surface area contributed by atoms with Crippen LogP contribution >= 0.6 is 0 Å². The molecule has 0 bridgehead atoms. The van der Waals surface area contributed by atoms with E-state index in [2.05, 4.69) is 27.9 Å². The fraction of sp³-hybridized carbons (Fsp3) is 0.250. The van der Waals surface area contributed by atoms with Crippen LogP contribution in [0.5, 0.6) is 0 Å². The highest BCUT2D eigenvalue weighted by Gasteiger charge is 1.96. The van der Waals surface area contributed by atoms with Crippen LogP contribution in [0, 0.1) is 30.1 Å². The Labute approximate surface area is 94.1 Å². The zero-order valence-corrected chi connectivity index (χ0v) is 8.94. The van der Waals surface area contributed by atoms with Crippen molar-refractivity contribution in [1.29, 1.82) is 5.26 Å². The Kier molecular flexibility index (Phi) is 4.47. The number of nitriles is 1. The zero-order chi connectivity index (χ0) is 11.8. The van der Waals surface area contributed by atoms with Gasteiger partial charge in [0.05, 0.1) is 11.6 Å². The highest BCUT2D eigenvalue weighted by molar-refractivity contribution is 5.46. The molecule has 0 heterocycles. The molecular formula is C12H10N4. The van der Waals surface area contributed by atoms with Crippen LogP contribution in [0.25, 0.3) is 10.4 Å². The van der Waals surface area contributed by atoms with Gasteiger partial charge in [0.2, 0.25) is 0 Å². The molecule has 0 spiro atoms. The molecule has 0 saturated heterocycles. The van der Waals surface area contributed by atoms with Gasteiger partial charge in [-0.3, -0.25) is 0 Å². The van der Waals surface area contributed by atoms with Crippen molar-refractivity contribution >= 4 is 0 Å². The maximum absolute atomic E-state index is 8.74. The largest absolute Gasteiger partial charge is 0.192 e. The summed E-state index contributed by atoms with van der Waals surface area (Å²) in [6.07, 6.45) is 0.528. The molecular weight excluding hydrogens is 200 g/mol. The highest BCUT2D eigenvalue weighted by atomic mass is 15.1. The van der Waals surface area contributed by atoms with Gasteiger partial charge in [0.1, 0.15) is 0 Å². The van der Waals surface area contributed by atoms with E-state index in [0.29, 0.717) is 18.5 Å². The minimum atomic E-state index is 0.375. The summed E-state index contributed by atoms with van der Waals surface area (Å²) in [5, 5.41) is 12.1. The summed E-state index contributed by atoms with van der Waals surface area (Å²) in [4.78, 5) is 2.64. The molecule has 4 heteroatoms. The lowest BCUT2D eigenvalue weighted by atomic mass is 10.1. The molecule has 78 valence electrons. The maximum Gasteiger partial charge on any atom is 0.0992 e. The summed E-state index contributed by atoms with van der Waals surface area (Å²) in [5.74, 6) is 5.87. The molecule has 1 rings (SSSR count). The Morgan fingerprint density at radius 3 is 3.00 bits per heavy atom. The van der Waals surface area contributed by atoms with Gasteiger partial charge < -0.3 is 0 Å². The Hall–Kier alpha value is -2.42. The van der Waals surface area contributed by atoms with E-state index >= 15 is 0 Å². The van der Waals surface area contributed by atoms with Crippen molar-refractivity contribution in [1.82, 2.24) is 0 Å². The molecule has 1 aromatic rings. The van der Waals surface area contributed by atoms with E-state index in [1.807, 2.05) is 13.0 Å². The SMILES string of the molecule is Cc1ccc(C#N)cc1C#CCCN=[N+]=[N-]. The molecule has 0 atom stereocenters. The van der Waals surface area contributed by atoms with Gasteiger partial charge in [-0.25, -0.2) is 0 Å². The van der Waals surface area contributed by atoms with Gasteiger partial charge in [0.15, 0.2) is 0 Å². The van der Waals surface area contributed by atoms with Crippen LogP contribution in [-0.4, -0.2) is 6.54 Å². The van der Waals surface area contributed by atoms with Crippen LogP contribution < -0.4 is 0 Å². The fourth-order valence-electron chi connectivity index (χ4n) is 1.13. The summed E-state index contributed by atoms with van der Waals surface area (Å²) in [7, 11) is 0. The standard InChI is InChI=1S/C12H10N4/c1-10-5-6-11(9-13)8-12(10)4-2-3-7-15-16-14/h5-6,8H,3,7H2,1H3. The van der Waals surface area contributed by atoms with Crippen LogP contribution in [0.2, 0.25) is 0 Å². The van der Waals surface area contributed by atoms with Gasteiger partial charge in [-0.15, -0.1) is 0 Å². The summed E-state index contributed by atoms with van der Waals surface area (Å²) in [6, 6.07) is 7.47. The summed E-state index contributed by atoms with van der Waals surface area (Å²) in [5.41, 5.74) is 10.6. The summed E-state index contributed by atoms with van der Waals surface area (Å²) < 4.78 is 0. The quantitative estimate of drug-likeness (QED) is 0.243. The second-order valence-corrected chi connectivity index (χ2v) is 3.15. The molecule has 0 aliphatic heterocycles. The van der Waals surface area contributed by atoms with Crippen LogP contribution in [0.3, 0.4) is 0 Å². The monoisotopic (exact) mass is 210 g/mol. The lowest BCUT2D eigenvalue weighted by Gasteiger charge is -1.97. The Morgan fingerprint density at radius 1 is 1.50 bits per heavy atom. The molecule has 0 unspecified atom stereocenters. The van der Waals surface area contributed by atoms with Crippen LogP contribution in [0.4, 0.5) is 0 Å². The first-order valence-corrected chi connectivity index (χ1v) is 4.78. The van der Waals surface area contributed by atoms with E-state index in [-0.39, 0.29) is 0 Å². The first-order valence-electron chi connectivity index (χ1n) is 4.78. The van der Waals surface area contributed by atoms with Gasteiger partial charge in [-0.2, -0.15) is 5.26 Å². The van der Waals surface area contributed by atoms with Gasteiger partial charge in [-0.05, 0) is 30.2 Å². The number of aryl methyl sites for hydroxylation is 1. The number of azide groups is 1. The van der Waals surface area contributed by atoms with E-state index in [9.17, 15) is 0 Å². The van der Waals surface area contributed by atoms with Crippen molar-refractivity contribution in [3.63, 3.8) is 0 Å². The van der Waals surface area contributed by atoms with E-state index < -0.39 is 0 Å². The third-order valence-electron chi connectivity index (χ3n) is 1.99. The number of benzene rings is 1. The Balaban J connectivity index is 2.80. The van der Waals surface area contributed by atoms with Crippen molar-refractivity contribution < 1.29 is 0 Å². The van der Waals surface area contributed by atoms with Crippen LogP contribution in [0.1, 0.15) is 23.1 Å². The van der Waals surface area contributed by atoms with Gasteiger partial charge >= 0.3 is 0 Å². The first-order chi connectivity index (χ1) is 7.77. The normalized spacial score (nSPS) is 8.25. The third kappa shape index (κ3) is 3.38. The number of nitrogens with zero attached hydrogens (tertiary/aromatic N) is 4. The Morgan fingerprint density at radius 2 is 2.31 bits per heavy atom. The van der Waals surface area contributed by atoms with Crippen molar-refractivity contribution in [2.45, 2.75) is 13.3 Å². The van der Waals surface area contributed by atoms with E-state index in [0.717, 1.165) is 11.1 Å².